The standard InChI is InChI=1S/C14H18FNO/c15-14(7-2-4-11(16)9-14)12-5-1-3-10-6-8-17-13(10)12/h1,3,5,11H,2,4,6-9,16H2. The third-order valence-corrected chi connectivity index (χ3v) is 3.93. The van der Waals surface area contributed by atoms with Crippen molar-refractivity contribution in [3.63, 3.8) is 0 Å². The van der Waals surface area contributed by atoms with Crippen LogP contribution in [0.3, 0.4) is 0 Å². The summed E-state index contributed by atoms with van der Waals surface area (Å²) in [6.07, 6.45) is 3.68. The first-order chi connectivity index (χ1) is 8.19. The molecule has 0 amide bonds. The normalized spacial score (nSPS) is 32.0. The summed E-state index contributed by atoms with van der Waals surface area (Å²) in [7, 11) is 0. The zero-order valence-corrected chi connectivity index (χ0v) is 9.92. The molecule has 1 saturated carbocycles. The second-order valence-corrected chi connectivity index (χ2v) is 5.21. The highest BCUT2D eigenvalue weighted by molar-refractivity contribution is 5.47. The summed E-state index contributed by atoms with van der Waals surface area (Å²) < 4.78 is 20.7. The van der Waals surface area contributed by atoms with Crippen LogP contribution in [0.15, 0.2) is 18.2 Å². The molecule has 2 nitrogen and oxygen atoms in total. The molecule has 3 rings (SSSR count). The van der Waals surface area contributed by atoms with Gasteiger partial charge in [0.2, 0.25) is 0 Å². The van der Waals surface area contributed by atoms with Gasteiger partial charge in [0.15, 0.2) is 0 Å². The topological polar surface area (TPSA) is 35.2 Å². The van der Waals surface area contributed by atoms with Gasteiger partial charge in [0.25, 0.3) is 0 Å². The zero-order chi connectivity index (χ0) is 11.9. The number of hydrogen-bond acceptors (Lipinski definition) is 2. The van der Waals surface area contributed by atoms with Crippen molar-refractivity contribution in [3.05, 3.63) is 29.3 Å². The molecule has 0 saturated heterocycles. The average molecular weight is 235 g/mol. The minimum absolute atomic E-state index is 0.0222. The number of rotatable bonds is 1. The number of hydrogen-bond donors (Lipinski definition) is 1. The first kappa shape index (κ1) is 11.0. The summed E-state index contributed by atoms with van der Waals surface area (Å²) in [5, 5.41) is 0. The number of para-hydroxylation sites is 1. The second-order valence-electron chi connectivity index (χ2n) is 5.21. The van der Waals surface area contributed by atoms with Crippen molar-refractivity contribution in [2.75, 3.05) is 6.61 Å². The molecule has 1 heterocycles. The van der Waals surface area contributed by atoms with Gasteiger partial charge in [0, 0.05) is 24.4 Å². The van der Waals surface area contributed by atoms with Crippen molar-refractivity contribution in [1.82, 2.24) is 0 Å². The largest absolute Gasteiger partial charge is 0.493 e. The quantitative estimate of drug-likeness (QED) is 0.812. The Labute approximate surface area is 101 Å². The average Bonchev–Trinajstić information content (AvgIpc) is 2.76. The van der Waals surface area contributed by atoms with Gasteiger partial charge in [-0.2, -0.15) is 0 Å². The lowest BCUT2D eigenvalue weighted by atomic mass is 9.78. The number of nitrogens with two attached hydrogens (primary N) is 1. The van der Waals surface area contributed by atoms with Crippen LogP contribution in [-0.4, -0.2) is 12.6 Å². The Kier molecular flexibility index (Phi) is 2.58. The summed E-state index contributed by atoms with van der Waals surface area (Å²) in [5.41, 5.74) is 6.49. The van der Waals surface area contributed by atoms with E-state index in [1.54, 1.807) is 0 Å². The fourth-order valence-electron chi connectivity index (χ4n) is 3.08. The van der Waals surface area contributed by atoms with Gasteiger partial charge in [-0.3, -0.25) is 0 Å². The van der Waals surface area contributed by atoms with Gasteiger partial charge in [-0.1, -0.05) is 18.2 Å². The van der Waals surface area contributed by atoms with Crippen molar-refractivity contribution in [2.24, 2.45) is 5.73 Å². The first-order valence-electron chi connectivity index (χ1n) is 6.39. The van der Waals surface area contributed by atoms with E-state index in [-0.39, 0.29) is 6.04 Å². The highest BCUT2D eigenvalue weighted by Gasteiger charge is 2.40. The Balaban J connectivity index is 2.00. The van der Waals surface area contributed by atoms with Crippen molar-refractivity contribution in [2.45, 2.75) is 43.8 Å². The first-order valence-corrected chi connectivity index (χ1v) is 6.39. The molecule has 1 fully saturated rings. The molecule has 1 aromatic rings. The lowest BCUT2D eigenvalue weighted by Crippen LogP contribution is -2.36. The second kappa shape index (κ2) is 3.98. The van der Waals surface area contributed by atoms with Gasteiger partial charge in [-0.15, -0.1) is 0 Å². The van der Waals surface area contributed by atoms with Crippen LogP contribution >= 0.6 is 0 Å². The Morgan fingerprint density at radius 1 is 1.41 bits per heavy atom. The molecule has 1 aliphatic heterocycles. The number of benzene rings is 1. The molecule has 2 N–H and O–H groups in total. The van der Waals surface area contributed by atoms with Crippen LogP contribution in [0.2, 0.25) is 0 Å². The van der Waals surface area contributed by atoms with E-state index in [1.165, 1.54) is 0 Å². The van der Waals surface area contributed by atoms with Gasteiger partial charge in [-0.25, -0.2) is 4.39 Å². The molecule has 0 aromatic heterocycles. The molecule has 0 radical (unpaired) electrons. The zero-order valence-electron chi connectivity index (χ0n) is 9.92. The van der Waals surface area contributed by atoms with E-state index in [0.717, 1.165) is 36.1 Å². The van der Waals surface area contributed by atoms with E-state index in [1.807, 2.05) is 18.2 Å². The summed E-state index contributed by atoms with van der Waals surface area (Å²) in [4.78, 5) is 0. The molecule has 2 unspecified atom stereocenters. The third kappa shape index (κ3) is 1.82. The highest BCUT2D eigenvalue weighted by Crippen LogP contribution is 2.46. The fourth-order valence-corrected chi connectivity index (χ4v) is 3.08. The maximum Gasteiger partial charge on any atom is 0.141 e. The molecule has 0 spiro atoms. The maximum absolute atomic E-state index is 15.1. The minimum Gasteiger partial charge on any atom is -0.493 e. The van der Waals surface area contributed by atoms with Gasteiger partial charge < -0.3 is 10.5 Å². The monoisotopic (exact) mass is 235 g/mol. The van der Waals surface area contributed by atoms with E-state index in [0.29, 0.717) is 19.4 Å². The van der Waals surface area contributed by atoms with Crippen molar-refractivity contribution >= 4 is 0 Å². The number of ether oxygens (including phenoxy) is 1. The van der Waals surface area contributed by atoms with E-state index in [9.17, 15) is 0 Å². The third-order valence-electron chi connectivity index (χ3n) is 3.93. The Morgan fingerprint density at radius 3 is 3.12 bits per heavy atom. The van der Waals surface area contributed by atoms with Crippen LogP contribution in [0, 0.1) is 0 Å². The van der Waals surface area contributed by atoms with Crippen LogP contribution < -0.4 is 10.5 Å². The summed E-state index contributed by atoms with van der Waals surface area (Å²) >= 11 is 0. The summed E-state index contributed by atoms with van der Waals surface area (Å²) in [5.74, 6) is 0.782. The van der Waals surface area contributed by atoms with Crippen LogP contribution in [0.1, 0.15) is 36.8 Å². The van der Waals surface area contributed by atoms with E-state index in [4.69, 9.17) is 10.5 Å². The predicted octanol–water partition coefficient (Wildman–Crippen LogP) is 2.69. The van der Waals surface area contributed by atoms with Gasteiger partial charge in [0.05, 0.1) is 6.61 Å². The van der Waals surface area contributed by atoms with Crippen molar-refractivity contribution < 1.29 is 9.13 Å². The Morgan fingerprint density at radius 2 is 2.29 bits per heavy atom. The molecule has 2 aliphatic rings. The summed E-state index contributed by atoms with van der Waals surface area (Å²) in [6, 6.07) is 5.80. The predicted molar refractivity (Wildman–Crippen MR) is 64.9 cm³/mol. The summed E-state index contributed by atoms with van der Waals surface area (Å²) in [6.45, 7) is 0.675. The van der Waals surface area contributed by atoms with Crippen molar-refractivity contribution in [3.8, 4) is 5.75 Å². The van der Waals surface area contributed by atoms with Gasteiger partial charge >= 0.3 is 0 Å². The van der Waals surface area contributed by atoms with E-state index in [2.05, 4.69) is 0 Å². The van der Waals surface area contributed by atoms with Crippen LogP contribution in [0.4, 0.5) is 4.39 Å². The molecular weight excluding hydrogens is 217 g/mol. The number of alkyl halides is 1. The van der Waals surface area contributed by atoms with Crippen molar-refractivity contribution in [1.29, 1.82) is 0 Å². The SMILES string of the molecule is NC1CCCC(F)(c2cccc3c2OCC3)C1. The highest BCUT2D eigenvalue weighted by atomic mass is 19.1. The lowest BCUT2D eigenvalue weighted by Gasteiger charge is -2.34. The molecular formula is C14H18FNO. The van der Waals surface area contributed by atoms with E-state index < -0.39 is 5.67 Å². The van der Waals surface area contributed by atoms with Gasteiger partial charge in [0.1, 0.15) is 11.4 Å². The fraction of sp³-hybridized carbons (Fsp3) is 0.571. The molecule has 1 aliphatic carbocycles. The maximum atomic E-state index is 15.1. The Hall–Kier alpha value is -1.09. The Bertz CT molecular complexity index is 434. The molecule has 0 bridgehead atoms. The van der Waals surface area contributed by atoms with Crippen LogP contribution in [-0.2, 0) is 12.1 Å². The lowest BCUT2D eigenvalue weighted by molar-refractivity contribution is 0.0914. The smallest absolute Gasteiger partial charge is 0.141 e. The van der Waals surface area contributed by atoms with Gasteiger partial charge in [-0.05, 0) is 24.8 Å². The molecule has 92 valence electrons. The molecule has 3 heteroatoms. The number of halogens is 1. The minimum atomic E-state index is -1.28. The molecule has 1 aromatic carbocycles. The number of fused-ring (bicyclic) bond motifs is 1. The molecule has 2 atom stereocenters. The van der Waals surface area contributed by atoms with E-state index >= 15 is 4.39 Å². The molecule has 17 heavy (non-hydrogen) atoms. The van der Waals surface area contributed by atoms with Crippen LogP contribution in [0.25, 0.3) is 0 Å². The van der Waals surface area contributed by atoms with Crippen LogP contribution in [0.5, 0.6) is 5.75 Å².